The number of piperazine rings is 1. The molecule has 0 spiro atoms. The van der Waals surface area contributed by atoms with Crippen LogP contribution in [0.3, 0.4) is 0 Å². The van der Waals surface area contributed by atoms with Crippen LogP contribution in [-0.4, -0.2) is 54.8 Å². The van der Waals surface area contributed by atoms with Crippen LogP contribution in [0.15, 0.2) is 42.5 Å². The van der Waals surface area contributed by atoms with Crippen LogP contribution >= 0.6 is 0 Å². The van der Waals surface area contributed by atoms with Gasteiger partial charge in [0, 0.05) is 43.0 Å². The molecule has 0 bridgehead atoms. The number of Topliss-reactive ketones (excluding diaryl/α,β-unsaturated/α-hetero) is 1. The van der Waals surface area contributed by atoms with Gasteiger partial charge in [-0.15, -0.1) is 0 Å². The van der Waals surface area contributed by atoms with Crippen LogP contribution in [0.1, 0.15) is 28.4 Å². The van der Waals surface area contributed by atoms with Crippen molar-refractivity contribution in [1.29, 1.82) is 0 Å². The summed E-state index contributed by atoms with van der Waals surface area (Å²) >= 11 is 0. The zero-order valence-electron chi connectivity index (χ0n) is 16.6. The van der Waals surface area contributed by atoms with Gasteiger partial charge in [-0.25, -0.2) is 9.18 Å². The van der Waals surface area contributed by atoms with Crippen LogP contribution in [0.25, 0.3) is 0 Å². The number of para-hydroxylation sites is 1. The number of benzene rings is 2. The van der Waals surface area contributed by atoms with Gasteiger partial charge in [0.25, 0.3) is 0 Å². The highest BCUT2D eigenvalue weighted by Gasteiger charge is 2.27. The average molecular weight is 383 g/mol. The number of ketones is 1. The molecule has 1 saturated heterocycles. The predicted octanol–water partition coefficient (Wildman–Crippen LogP) is 3.71. The first kappa shape index (κ1) is 20.0. The highest BCUT2D eigenvalue weighted by molar-refractivity contribution is 5.94. The molecule has 2 amide bonds. The van der Waals surface area contributed by atoms with Crippen LogP contribution in [0.2, 0.25) is 0 Å². The van der Waals surface area contributed by atoms with Gasteiger partial charge in [-0.3, -0.25) is 9.69 Å². The molecular formula is C22H26FN3O2. The highest BCUT2D eigenvalue weighted by Crippen LogP contribution is 2.25. The molecule has 28 heavy (non-hydrogen) atoms. The molecule has 1 fully saturated rings. The lowest BCUT2D eigenvalue weighted by molar-refractivity contribution is 0.101. The van der Waals surface area contributed by atoms with Crippen LogP contribution in [0, 0.1) is 12.7 Å². The Morgan fingerprint density at radius 2 is 1.75 bits per heavy atom. The van der Waals surface area contributed by atoms with Crippen LogP contribution < -0.4 is 4.90 Å². The number of halogens is 1. The molecule has 0 aliphatic carbocycles. The van der Waals surface area contributed by atoms with E-state index in [1.165, 1.54) is 13.0 Å². The first-order valence-electron chi connectivity index (χ1n) is 9.47. The molecular weight excluding hydrogens is 357 g/mol. The van der Waals surface area contributed by atoms with E-state index in [4.69, 9.17) is 0 Å². The maximum Gasteiger partial charge on any atom is 0.324 e. The number of carbonyl (C=O) groups is 2. The number of amides is 2. The Labute approximate surface area is 165 Å². The summed E-state index contributed by atoms with van der Waals surface area (Å²) < 4.78 is 14.6. The smallest absolute Gasteiger partial charge is 0.322 e. The third kappa shape index (κ3) is 4.39. The van der Waals surface area contributed by atoms with E-state index in [1.807, 2.05) is 43.1 Å². The third-order valence-corrected chi connectivity index (χ3v) is 5.20. The van der Waals surface area contributed by atoms with Crippen molar-refractivity contribution in [1.82, 2.24) is 9.80 Å². The number of nitrogens with zero attached hydrogens (tertiary/aromatic N) is 3. The van der Waals surface area contributed by atoms with E-state index in [0.717, 1.165) is 24.3 Å². The van der Waals surface area contributed by atoms with E-state index in [-0.39, 0.29) is 18.4 Å². The highest BCUT2D eigenvalue weighted by atomic mass is 19.1. The standard InChI is InChI=1S/C22H26FN3O2/c1-16-6-4-5-7-21(16)26(22(28)25-12-10-24(3)11-13-25)15-19-9-8-18(17(2)27)14-20(19)23/h4-9,14H,10-13,15H2,1-3H3. The summed E-state index contributed by atoms with van der Waals surface area (Å²) in [6.45, 7) is 6.37. The van der Waals surface area contributed by atoms with E-state index in [1.54, 1.807) is 17.0 Å². The van der Waals surface area contributed by atoms with Gasteiger partial charge >= 0.3 is 6.03 Å². The van der Waals surface area contributed by atoms with Crippen molar-refractivity contribution in [3.8, 4) is 0 Å². The maximum atomic E-state index is 14.6. The van der Waals surface area contributed by atoms with Gasteiger partial charge in [-0.05, 0) is 38.6 Å². The van der Waals surface area contributed by atoms with Crippen molar-refractivity contribution in [2.75, 3.05) is 38.1 Å². The lowest BCUT2D eigenvalue weighted by atomic mass is 10.1. The van der Waals surface area contributed by atoms with Crippen molar-refractivity contribution < 1.29 is 14.0 Å². The fraction of sp³-hybridized carbons (Fsp3) is 0.364. The Hall–Kier alpha value is -2.73. The molecule has 1 aliphatic heterocycles. The number of urea groups is 1. The van der Waals surface area contributed by atoms with Crippen molar-refractivity contribution in [3.63, 3.8) is 0 Å². The molecule has 5 nitrogen and oxygen atoms in total. The molecule has 0 saturated carbocycles. The zero-order chi connectivity index (χ0) is 20.3. The summed E-state index contributed by atoms with van der Waals surface area (Å²) in [7, 11) is 2.03. The second-order valence-electron chi connectivity index (χ2n) is 7.31. The number of hydrogen-bond donors (Lipinski definition) is 0. The Kier molecular flexibility index (Phi) is 6.09. The summed E-state index contributed by atoms with van der Waals surface area (Å²) in [6, 6.07) is 11.9. The average Bonchev–Trinajstić information content (AvgIpc) is 2.68. The van der Waals surface area contributed by atoms with E-state index < -0.39 is 5.82 Å². The molecule has 2 aromatic carbocycles. The first-order valence-corrected chi connectivity index (χ1v) is 9.47. The molecule has 3 rings (SSSR count). The molecule has 0 N–H and O–H groups in total. The molecule has 148 valence electrons. The van der Waals surface area contributed by atoms with Gasteiger partial charge in [-0.1, -0.05) is 30.3 Å². The number of aryl methyl sites for hydroxylation is 1. The Morgan fingerprint density at radius 1 is 1.07 bits per heavy atom. The van der Waals surface area contributed by atoms with E-state index in [0.29, 0.717) is 24.2 Å². The monoisotopic (exact) mass is 383 g/mol. The summed E-state index contributed by atoms with van der Waals surface area (Å²) in [4.78, 5) is 30.4. The number of rotatable bonds is 4. The number of hydrogen-bond acceptors (Lipinski definition) is 3. The third-order valence-electron chi connectivity index (χ3n) is 5.20. The first-order chi connectivity index (χ1) is 13.4. The lowest BCUT2D eigenvalue weighted by Gasteiger charge is -2.36. The van der Waals surface area contributed by atoms with Gasteiger partial charge in [0.05, 0.1) is 6.54 Å². The van der Waals surface area contributed by atoms with Crippen LogP contribution in [0.4, 0.5) is 14.9 Å². The molecule has 2 aromatic rings. The minimum Gasteiger partial charge on any atom is -0.322 e. The van der Waals surface area contributed by atoms with Crippen molar-refractivity contribution >= 4 is 17.5 Å². The topological polar surface area (TPSA) is 43.9 Å². The van der Waals surface area contributed by atoms with Gasteiger partial charge in [-0.2, -0.15) is 0 Å². The van der Waals surface area contributed by atoms with Crippen molar-refractivity contribution in [2.24, 2.45) is 0 Å². The van der Waals surface area contributed by atoms with Gasteiger partial charge in [0.2, 0.25) is 0 Å². The molecule has 1 heterocycles. The number of likely N-dealkylation sites (N-methyl/N-ethyl adjacent to an activating group) is 1. The zero-order valence-corrected chi connectivity index (χ0v) is 16.6. The van der Waals surface area contributed by atoms with E-state index >= 15 is 0 Å². The predicted molar refractivity (Wildman–Crippen MR) is 108 cm³/mol. The fourth-order valence-corrected chi connectivity index (χ4v) is 3.36. The molecule has 0 unspecified atom stereocenters. The molecule has 0 aromatic heterocycles. The minimum atomic E-state index is -0.475. The quantitative estimate of drug-likeness (QED) is 0.756. The van der Waals surface area contributed by atoms with E-state index in [2.05, 4.69) is 4.90 Å². The van der Waals surface area contributed by atoms with Gasteiger partial charge < -0.3 is 9.80 Å². The number of carbonyl (C=O) groups excluding carboxylic acids is 2. The van der Waals surface area contributed by atoms with E-state index in [9.17, 15) is 14.0 Å². The SMILES string of the molecule is CC(=O)c1ccc(CN(C(=O)N2CCN(C)CC2)c2ccccc2C)c(F)c1. The maximum absolute atomic E-state index is 14.6. The number of anilines is 1. The summed E-state index contributed by atoms with van der Waals surface area (Å²) in [5, 5.41) is 0. The Bertz CT molecular complexity index is 876. The summed E-state index contributed by atoms with van der Waals surface area (Å²) in [6.07, 6.45) is 0. The van der Waals surface area contributed by atoms with Gasteiger partial charge in [0.15, 0.2) is 5.78 Å². The van der Waals surface area contributed by atoms with Crippen molar-refractivity contribution in [3.05, 3.63) is 65.0 Å². The normalized spacial score (nSPS) is 14.8. The lowest BCUT2D eigenvalue weighted by Crippen LogP contribution is -2.52. The Morgan fingerprint density at radius 3 is 2.36 bits per heavy atom. The molecule has 6 heteroatoms. The summed E-state index contributed by atoms with van der Waals surface area (Å²) in [5.74, 6) is -0.660. The fourth-order valence-electron chi connectivity index (χ4n) is 3.36. The molecule has 0 radical (unpaired) electrons. The second kappa shape index (κ2) is 8.52. The Balaban J connectivity index is 1.92. The second-order valence-corrected chi connectivity index (χ2v) is 7.31. The van der Waals surface area contributed by atoms with Crippen LogP contribution in [0.5, 0.6) is 0 Å². The molecule has 0 atom stereocenters. The van der Waals surface area contributed by atoms with Gasteiger partial charge in [0.1, 0.15) is 5.82 Å². The van der Waals surface area contributed by atoms with Crippen molar-refractivity contribution in [2.45, 2.75) is 20.4 Å². The molecule has 1 aliphatic rings. The van der Waals surface area contributed by atoms with Crippen LogP contribution in [-0.2, 0) is 6.54 Å². The largest absolute Gasteiger partial charge is 0.324 e. The minimum absolute atomic E-state index is 0.111. The summed E-state index contributed by atoms with van der Waals surface area (Å²) in [5.41, 5.74) is 2.43.